The molecule has 1 saturated heterocycles. The predicted molar refractivity (Wildman–Crippen MR) is 115 cm³/mol. The molecule has 0 saturated carbocycles. The molecule has 0 spiro atoms. The smallest absolute Gasteiger partial charge is 0.328 e. The predicted octanol–water partition coefficient (Wildman–Crippen LogP) is 3.25. The average Bonchev–Trinajstić information content (AvgIpc) is 3.09. The fraction of sp³-hybridized carbons (Fsp3) is 0.250. The van der Waals surface area contributed by atoms with Gasteiger partial charge in [0.1, 0.15) is 5.84 Å². The van der Waals surface area contributed by atoms with E-state index in [0.29, 0.717) is 12.2 Å². The zero-order valence-corrected chi connectivity index (χ0v) is 17.4. The van der Waals surface area contributed by atoms with Gasteiger partial charge in [0.05, 0.1) is 5.69 Å². The Bertz CT molecular complexity index is 931. The molecule has 0 aliphatic carbocycles. The Balaban J connectivity index is 0.000000258. The number of aliphatic imine (C=N–C) groups is 1. The van der Waals surface area contributed by atoms with Gasteiger partial charge in [-0.1, -0.05) is 23.9 Å². The summed E-state index contributed by atoms with van der Waals surface area (Å²) in [5, 5.41) is 20.1. The molecule has 0 atom stereocenters. The molecule has 29 heavy (non-hydrogen) atoms. The first-order valence-electron chi connectivity index (χ1n) is 8.93. The number of rotatable bonds is 2. The Morgan fingerprint density at radius 3 is 2.31 bits per heavy atom. The highest BCUT2D eigenvalue weighted by Crippen LogP contribution is 2.41. The summed E-state index contributed by atoms with van der Waals surface area (Å²) in [7, 11) is 2.19. The van der Waals surface area contributed by atoms with Crippen molar-refractivity contribution in [1.82, 2.24) is 9.80 Å². The van der Waals surface area contributed by atoms with Crippen LogP contribution in [0.25, 0.3) is 0 Å². The number of carboxylic acids is 2. The van der Waals surface area contributed by atoms with E-state index in [0.717, 1.165) is 37.7 Å². The first-order chi connectivity index (χ1) is 13.9. The van der Waals surface area contributed by atoms with Crippen molar-refractivity contribution in [2.45, 2.75) is 9.79 Å². The van der Waals surface area contributed by atoms with E-state index >= 15 is 0 Å². The second kappa shape index (κ2) is 9.73. The van der Waals surface area contributed by atoms with Gasteiger partial charge < -0.3 is 20.0 Å². The number of likely N-dealkylation sites (N-methyl/N-ethyl adjacent to an activating group) is 1. The van der Waals surface area contributed by atoms with Gasteiger partial charge in [0, 0.05) is 64.4 Å². The molecule has 3 heterocycles. The molecule has 7 nitrogen and oxygen atoms in total. The second-order valence-corrected chi connectivity index (χ2v) is 8.28. The van der Waals surface area contributed by atoms with Gasteiger partial charge in [0.25, 0.3) is 0 Å². The fourth-order valence-electron chi connectivity index (χ4n) is 2.86. The molecule has 1 aromatic heterocycles. The van der Waals surface area contributed by atoms with Crippen molar-refractivity contribution in [3.8, 4) is 0 Å². The highest BCUT2D eigenvalue weighted by atomic mass is 32.2. The maximum Gasteiger partial charge on any atom is 0.328 e. The average molecular weight is 432 g/mol. The normalized spacial score (nSPS) is 16.2. The maximum absolute atomic E-state index is 9.55. The molecule has 9 heteroatoms. The third-order valence-electron chi connectivity index (χ3n) is 4.35. The van der Waals surface area contributed by atoms with Crippen molar-refractivity contribution < 1.29 is 19.8 Å². The molecular formula is C20H21N3O4S2. The molecule has 2 aliphatic rings. The summed E-state index contributed by atoms with van der Waals surface area (Å²) in [4.78, 5) is 31.5. The van der Waals surface area contributed by atoms with E-state index in [4.69, 9.17) is 15.2 Å². The molecule has 1 fully saturated rings. The molecule has 0 amide bonds. The van der Waals surface area contributed by atoms with Crippen LogP contribution in [0.3, 0.4) is 0 Å². The second-order valence-electron chi connectivity index (χ2n) is 6.46. The van der Waals surface area contributed by atoms with E-state index in [1.165, 1.54) is 15.4 Å². The minimum absolute atomic E-state index is 0.558. The minimum Gasteiger partial charge on any atom is -0.478 e. The lowest BCUT2D eigenvalue weighted by Crippen LogP contribution is -2.47. The lowest BCUT2D eigenvalue weighted by molar-refractivity contribution is -0.134. The summed E-state index contributed by atoms with van der Waals surface area (Å²) < 4.78 is 0. The Morgan fingerprint density at radius 2 is 1.66 bits per heavy atom. The molecule has 2 aliphatic heterocycles. The third-order valence-corrected chi connectivity index (χ3v) is 6.37. The number of hydrogen-bond acceptors (Lipinski definition) is 7. The fourth-order valence-corrected chi connectivity index (χ4v) is 4.84. The van der Waals surface area contributed by atoms with E-state index in [1.807, 2.05) is 11.8 Å². The van der Waals surface area contributed by atoms with Crippen LogP contribution in [0.5, 0.6) is 0 Å². The monoisotopic (exact) mass is 431 g/mol. The molecule has 0 bridgehead atoms. The van der Waals surface area contributed by atoms with Crippen LogP contribution in [0.1, 0.15) is 5.56 Å². The number of nitrogens with zero attached hydrogens (tertiary/aromatic N) is 3. The van der Waals surface area contributed by atoms with E-state index in [2.05, 4.69) is 51.9 Å². The van der Waals surface area contributed by atoms with Gasteiger partial charge in [-0.25, -0.2) is 14.6 Å². The first kappa shape index (κ1) is 21.1. The zero-order valence-electron chi connectivity index (χ0n) is 15.8. The van der Waals surface area contributed by atoms with E-state index in [1.54, 1.807) is 11.3 Å². The van der Waals surface area contributed by atoms with Crippen molar-refractivity contribution in [2.24, 2.45) is 4.99 Å². The number of carbonyl (C=O) groups is 2. The van der Waals surface area contributed by atoms with Gasteiger partial charge >= 0.3 is 11.9 Å². The molecule has 0 unspecified atom stereocenters. The van der Waals surface area contributed by atoms with E-state index < -0.39 is 11.9 Å². The SMILES string of the molecule is CN1CCN(C2=Nc3ccccc3Sc3cscc32)CC1.O=C(O)/C=C/C(=O)O. The number of amidine groups is 1. The summed E-state index contributed by atoms with van der Waals surface area (Å²) in [6, 6.07) is 8.45. The largest absolute Gasteiger partial charge is 0.478 e. The zero-order chi connectivity index (χ0) is 20.8. The number of aliphatic carboxylic acids is 2. The van der Waals surface area contributed by atoms with Crippen LogP contribution in [0.4, 0.5) is 5.69 Å². The highest BCUT2D eigenvalue weighted by molar-refractivity contribution is 7.99. The van der Waals surface area contributed by atoms with Gasteiger partial charge in [-0.3, -0.25) is 0 Å². The van der Waals surface area contributed by atoms with Crippen LogP contribution in [-0.2, 0) is 9.59 Å². The maximum atomic E-state index is 9.55. The van der Waals surface area contributed by atoms with Crippen LogP contribution < -0.4 is 0 Å². The number of thiophene rings is 1. The van der Waals surface area contributed by atoms with Crippen LogP contribution in [-0.4, -0.2) is 71.0 Å². The van der Waals surface area contributed by atoms with Crippen LogP contribution in [0.15, 0.2) is 62.0 Å². The number of benzene rings is 1. The lowest BCUT2D eigenvalue weighted by atomic mass is 10.2. The molecule has 1 aromatic carbocycles. The number of carboxylic acid groups (broad SMARTS) is 2. The summed E-state index contributed by atoms with van der Waals surface area (Å²) >= 11 is 3.61. The van der Waals surface area contributed by atoms with Gasteiger partial charge in [0.15, 0.2) is 0 Å². The Labute approximate surface area is 177 Å². The van der Waals surface area contributed by atoms with Crippen LogP contribution >= 0.6 is 23.1 Å². The quantitative estimate of drug-likeness (QED) is 0.705. The molecular weight excluding hydrogens is 410 g/mol. The van der Waals surface area contributed by atoms with Crippen molar-refractivity contribution in [3.05, 3.63) is 52.7 Å². The molecule has 0 radical (unpaired) electrons. The third kappa shape index (κ3) is 5.69. The van der Waals surface area contributed by atoms with Crippen molar-refractivity contribution >= 4 is 46.6 Å². The van der Waals surface area contributed by atoms with Crippen molar-refractivity contribution in [3.63, 3.8) is 0 Å². The Kier molecular flexibility index (Phi) is 7.08. The van der Waals surface area contributed by atoms with E-state index in [-0.39, 0.29) is 0 Å². The molecule has 152 valence electrons. The standard InChI is InChI=1S/C16H17N3S2.C4H4O4/c1-18-6-8-19(9-7-18)16-12-10-20-11-15(12)21-14-5-3-2-4-13(14)17-16;5-3(6)1-2-4(7)8/h2-5,10-11H,6-9H2,1H3;1-2H,(H,5,6)(H,7,8)/b;2-1+. The minimum atomic E-state index is -1.26. The Hall–Kier alpha value is -2.62. The van der Waals surface area contributed by atoms with E-state index in [9.17, 15) is 9.59 Å². The highest BCUT2D eigenvalue weighted by Gasteiger charge is 2.24. The number of para-hydroxylation sites is 1. The lowest BCUT2D eigenvalue weighted by Gasteiger charge is -2.34. The summed E-state index contributed by atoms with van der Waals surface area (Å²) in [5.74, 6) is -1.36. The van der Waals surface area contributed by atoms with Gasteiger partial charge in [-0.15, -0.1) is 0 Å². The van der Waals surface area contributed by atoms with Gasteiger partial charge in [-0.2, -0.15) is 11.3 Å². The number of hydrogen-bond donors (Lipinski definition) is 2. The summed E-state index contributed by atoms with van der Waals surface area (Å²) in [6.45, 7) is 4.31. The number of piperazine rings is 1. The molecule has 2 aromatic rings. The topological polar surface area (TPSA) is 93.4 Å². The van der Waals surface area contributed by atoms with Crippen LogP contribution in [0, 0.1) is 0 Å². The van der Waals surface area contributed by atoms with Gasteiger partial charge in [-0.05, 0) is 19.2 Å². The van der Waals surface area contributed by atoms with Gasteiger partial charge in [0.2, 0.25) is 0 Å². The molecule has 4 rings (SSSR count). The first-order valence-corrected chi connectivity index (χ1v) is 10.7. The van der Waals surface area contributed by atoms with Crippen molar-refractivity contribution in [2.75, 3.05) is 33.2 Å². The summed E-state index contributed by atoms with van der Waals surface area (Å²) in [6.07, 6.45) is 1.12. The Morgan fingerprint density at radius 1 is 1.00 bits per heavy atom. The van der Waals surface area contributed by atoms with Crippen LogP contribution in [0.2, 0.25) is 0 Å². The summed E-state index contributed by atoms with van der Waals surface area (Å²) in [5.41, 5.74) is 2.39. The molecule has 2 N–H and O–H groups in total. The number of fused-ring (bicyclic) bond motifs is 2. The van der Waals surface area contributed by atoms with Crippen molar-refractivity contribution in [1.29, 1.82) is 0 Å².